The lowest BCUT2D eigenvalue weighted by Gasteiger charge is -2.12. The second-order valence-electron chi connectivity index (χ2n) is 3.96. The van der Waals surface area contributed by atoms with Crippen LogP contribution in [0.25, 0.3) is 11.1 Å². The van der Waals surface area contributed by atoms with E-state index in [1.807, 2.05) is 6.92 Å². The first-order chi connectivity index (χ1) is 9.04. The molecule has 0 spiro atoms. The van der Waals surface area contributed by atoms with Gasteiger partial charge in [0.2, 0.25) is 0 Å². The van der Waals surface area contributed by atoms with Gasteiger partial charge in [-0.3, -0.25) is 4.98 Å². The molecule has 0 atom stereocenters. The summed E-state index contributed by atoms with van der Waals surface area (Å²) in [7, 11) is 0. The Morgan fingerprint density at radius 2 is 2.05 bits per heavy atom. The van der Waals surface area contributed by atoms with Gasteiger partial charge in [0, 0.05) is 23.5 Å². The summed E-state index contributed by atoms with van der Waals surface area (Å²) in [6.07, 6.45) is -0.681. The summed E-state index contributed by atoms with van der Waals surface area (Å²) >= 11 is 0. The normalized spacial score (nSPS) is 11.8. The molecule has 2 heterocycles. The monoisotopic (exact) mass is 270 g/mol. The Morgan fingerprint density at radius 1 is 1.26 bits per heavy atom. The van der Waals surface area contributed by atoms with Crippen LogP contribution in [0.15, 0.2) is 35.2 Å². The lowest BCUT2D eigenvalue weighted by molar-refractivity contribution is -0.137. The summed E-state index contributed by atoms with van der Waals surface area (Å²) in [4.78, 5) is 3.77. The topological polar surface area (TPSA) is 38.1 Å². The molecule has 102 valence electrons. The minimum Gasteiger partial charge on any atom is -0.467 e. The highest BCUT2D eigenvalue weighted by atomic mass is 19.4. The van der Waals surface area contributed by atoms with Crippen LogP contribution >= 0.6 is 0 Å². The van der Waals surface area contributed by atoms with Gasteiger partial charge >= 0.3 is 6.18 Å². The van der Waals surface area contributed by atoms with Crippen molar-refractivity contribution in [2.45, 2.75) is 19.6 Å². The van der Waals surface area contributed by atoms with E-state index in [9.17, 15) is 13.2 Å². The number of aromatic nitrogens is 1. The Labute approximate surface area is 108 Å². The third-order valence-electron chi connectivity index (χ3n) is 2.70. The molecule has 1 N–H and O–H groups in total. The highest BCUT2D eigenvalue weighted by Crippen LogP contribution is 2.37. The number of rotatable bonds is 4. The van der Waals surface area contributed by atoms with Crippen LogP contribution < -0.4 is 5.32 Å². The molecule has 6 heteroatoms. The molecule has 0 radical (unpaired) electrons. The molecule has 0 aromatic carbocycles. The molecule has 0 aliphatic heterocycles. The first kappa shape index (κ1) is 13.6. The third-order valence-corrected chi connectivity index (χ3v) is 2.70. The molecule has 19 heavy (non-hydrogen) atoms. The highest BCUT2D eigenvalue weighted by Gasteiger charge is 2.34. The zero-order valence-electron chi connectivity index (χ0n) is 10.3. The van der Waals surface area contributed by atoms with Gasteiger partial charge in [0.15, 0.2) is 0 Å². The van der Waals surface area contributed by atoms with Crippen LogP contribution in [0.4, 0.5) is 13.2 Å². The van der Waals surface area contributed by atoms with Crippen LogP contribution in [0.3, 0.4) is 0 Å². The highest BCUT2D eigenvalue weighted by molar-refractivity contribution is 5.68. The Bertz CT molecular complexity index is 549. The number of hydrogen-bond acceptors (Lipinski definition) is 3. The fourth-order valence-corrected chi connectivity index (χ4v) is 1.81. The van der Waals surface area contributed by atoms with Crippen molar-refractivity contribution in [1.82, 2.24) is 10.3 Å². The van der Waals surface area contributed by atoms with Crippen molar-refractivity contribution in [2.24, 2.45) is 0 Å². The predicted molar refractivity (Wildman–Crippen MR) is 64.3 cm³/mol. The molecule has 2 aromatic rings. The molecule has 0 amide bonds. The van der Waals surface area contributed by atoms with Crippen LogP contribution in [-0.2, 0) is 12.7 Å². The average Bonchev–Trinajstić information content (AvgIpc) is 2.83. The maximum absolute atomic E-state index is 12.9. The first-order valence-corrected chi connectivity index (χ1v) is 5.82. The molecular formula is C13H13F3N2O. The van der Waals surface area contributed by atoms with Crippen molar-refractivity contribution in [3.63, 3.8) is 0 Å². The summed E-state index contributed by atoms with van der Waals surface area (Å²) in [5.41, 5.74) is -0.250. The van der Waals surface area contributed by atoms with Crippen molar-refractivity contribution >= 4 is 0 Å². The van der Waals surface area contributed by atoms with Gasteiger partial charge in [-0.2, -0.15) is 13.2 Å². The van der Waals surface area contributed by atoms with E-state index in [1.54, 1.807) is 0 Å². The summed E-state index contributed by atoms with van der Waals surface area (Å²) in [6, 6.07) is 2.50. The summed E-state index contributed by atoms with van der Waals surface area (Å²) in [5.74, 6) is 0.473. The molecule has 0 aliphatic carbocycles. The lowest BCUT2D eigenvalue weighted by Crippen LogP contribution is -2.12. The second-order valence-corrected chi connectivity index (χ2v) is 3.96. The zero-order chi connectivity index (χ0) is 13.9. The van der Waals surface area contributed by atoms with E-state index in [4.69, 9.17) is 4.42 Å². The van der Waals surface area contributed by atoms with Crippen LogP contribution in [-0.4, -0.2) is 11.5 Å². The number of halogens is 3. The van der Waals surface area contributed by atoms with Gasteiger partial charge in [0.25, 0.3) is 0 Å². The van der Waals surface area contributed by atoms with Gasteiger partial charge in [-0.25, -0.2) is 0 Å². The second kappa shape index (κ2) is 5.44. The maximum atomic E-state index is 12.9. The molecule has 3 nitrogen and oxygen atoms in total. The van der Waals surface area contributed by atoms with Gasteiger partial charge in [0.05, 0.1) is 18.4 Å². The fraction of sp³-hybridized carbons (Fsp3) is 0.308. The van der Waals surface area contributed by atoms with Crippen molar-refractivity contribution in [1.29, 1.82) is 0 Å². The number of furan rings is 1. The van der Waals surface area contributed by atoms with Crippen molar-refractivity contribution in [3.05, 3.63) is 42.1 Å². The van der Waals surface area contributed by atoms with Gasteiger partial charge in [-0.15, -0.1) is 0 Å². The quantitative estimate of drug-likeness (QED) is 0.924. The van der Waals surface area contributed by atoms with Crippen molar-refractivity contribution < 1.29 is 17.6 Å². The van der Waals surface area contributed by atoms with E-state index in [0.29, 0.717) is 24.4 Å². The molecule has 2 rings (SSSR count). The SMILES string of the molecule is CCNCc1occc1-c1cnccc1C(F)(F)F. The third kappa shape index (κ3) is 2.96. The van der Waals surface area contributed by atoms with Gasteiger partial charge in [-0.05, 0) is 18.7 Å². The van der Waals surface area contributed by atoms with Gasteiger partial charge in [0.1, 0.15) is 5.76 Å². The number of pyridine rings is 1. The first-order valence-electron chi connectivity index (χ1n) is 5.82. The van der Waals surface area contributed by atoms with Gasteiger partial charge < -0.3 is 9.73 Å². The standard InChI is InChI=1S/C13H13F3N2O/c1-2-17-8-12-9(4-6-19-12)10-7-18-5-3-11(10)13(14,15)16/h3-7,17H,2,8H2,1H3. The van der Waals surface area contributed by atoms with Gasteiger partial charge in [-0.1, -0.05) is 6.92 Å². The van der Waals surface area contributed by atoms with E-state index >= 15 is 0 Å². The molecule has 0 saturated heterocycles. The largest absolute Gasteiger partial charge is 0.467 e. The van der Waals surface area contributed by atoms with Crippen LogP contribution in [0.5, 0.6) is 0 Å². The van der Waals surface area contributed by atoms with Crippen LogP contribution in [0.1, 0.15) is 18.2 Å². The zero-order valence-corrected chi connectivity index (χ0v) is 10.3. The smallest absolute Gasteiger partial charge is 0.417 e. The van der Waals surface area contributed by atoms with E-state index in [0.717, 1.165) is 12.3 Å². The Kier molecular flexibility index (Phi) is 3.90. The predicted octanol–water partition coefficient (Wildman–Crippen LogP) is 3.47. The molecule has 2 aromatic heterocycles. The minimum absolute atomic E-state index is 0.0386. The fourth-order valence-electron chi connectivity index (χ4n) is 1.81. The summed E-state index contributed by atoms with van der Waals surface area (Å²) < 4.78 is 44.1. The van der Waals surface area contributed by atoms with Crippen LogP contribution in [0.2, 0.25) is 0 Å². The number of nitrogens with zero attached hydrogens (tertiary/aromatic N) is 1. The van der Waals surface area contributed by atoms with E-state index < -0.39 is 11.7 Å². The maximum Gasteiger partial charge on any atom is 0.417 e. The Hall–Kier alpha value is -1.82. The molecule has 0 saturated carbocycles. The Morgan fingerprint density at radius 3 is 2.74 bits per heavy atom. The van der Waals surface area contributed by atoms with E-state index in [2.05, 4.69) is 10.3 Å². The molecule has 0 bridgehead atoms. The molecular weight excluding hydrogens is 257 g/mol. The molecule has 0 aliphatic rings. The molecule has 0 unspecified atom stereocenters. The number of hydrogen-bond donors (Lipinski definition) is 1. The molecule has 0 fully saturated rings. The lowest BCUT2D eigenvalue weighted by atomic mass is 10.0. The van der Waals surface area contributed by atoms with Crippen molar-refractivity contribution in [2.75, 3.05) is 6.54 Å². The van der Waals surface area contributed by atoms with E-state index in [-0.39, 0.29) is 5.56 Å². The number of alkyl halides is 3. The minimum atomic E-state index is -4.41. The van der Waals surface area contributed by atoms with Crippen LogP contribution in [0, 0.1) is 0 Å². The van der Waals surface area contributed by atoms with E-state index in [1.165, 1.54) is 18.5 Å². The summed E-state index contributed by atoms with van der Waals surface area (Å²) in [6.45, 7) is 3.00. The summed E-state index contributed by atoms with van der Waals surface area (Å²) in [5, 5.41) is 3.02. The average molecular weight is 270 g/mol. The van der Waals surface area contributed by atoms with Crippen molar-refractivity contribution in [3.8, 4) is 11.1 Å². The Balaban J connectivity index is 2.45. The number of nitrogens with one attached hydrogen (secondary N) is 1.